The van der Waals surface area contributed by atoms with Crippen LogP contribution in [0, 0.1) is 5.82 Å². The first-order valence-electron chi connectivity index (χ1n) is 5.99. The number of halogens is 1. The van der Waals surface area contributed by atoms with Gasteiger partial charge in [-0.3, -0.25) is 4.79 Å². The normalized spacial score (nSPS) is 15.8. The Balaban J connectivity index is 2.25. The largest absolute Gasteiger partial charge is 0.387 e. The summed E-state index contributed by atoms with van der Waals surface area (Å²) in [5.74, 6) is -0.446. The van der Waals surface area contributed by atoms with Crippen molar-refractivity contribution in [3.8, 4) is 0 Å². The van der Waals surface area contributed by atoms with Crippen molar-refractivity contribution in [2.75, 3.05) is 25.5 Å². The number of nitrogens with one attached hydrogen (secondary N) is 1. The molecule has 2 rings (SSSR count). The molecule has 0 radical (unpaired) electrons. The number of anilines is 1. The van der Waals surface area contributed by atoms with E-state index in [0.29, 0.717) is 11.3 Å². The lowest BCUT2D eigenvalue weighted by Gasteiger charge is -2.27. The first-order chi connectivity index (χ1) is 8.22. The van der Waals surface area contributed by atoms with Gasteiger partial charge in [0.05, 0.1) is 5.56 Å². The monoisotopic (exact) mass is 236 g/mol. The van der Waals surface area contributed by atoms with Crippen molar-refractivity contribution in [1.82, 2.24) is 4.90 Å². The van der Waals surface area contributed by atoms with Crippen molar-refractivity contribution in [1.29, 1.82) is 0 Å². The second-order valence-corrected chi connectivity index (χ2v) is 4.29. The van der Waals surface area contributed by atoms with E-state index in [9.17, 15) is 9.18 Å². The van der Waals surface area contributed by atoms with Crippen LogP contribution >= 0.6 is 0 Å². The zero-order valence-electron chi connectivity index (χ0n) is 10.0. The molecule has 3 nitrogen and oxygen atoms in total. The Morgan fingerprint density at radius 2 is 2.00 bits per heavy atom. The lowest BCUT2D eigenvalue weighted by molar-refractivity contribution is 0.0725. The van der Waals surface area contributed by atoms with Crippen LogP contribution in [-0.2, 0) is 0 Å². The molecule has 0 aliphatic carbocycles. The van der Waals surface area contributed by atoms with Gasteiger partial charge in [0, 0.05) is 25.8 Å². The van der Waals surface area contributed by atoms with Crippen LogP contribution in [0.3, 0.4) is 0 Å². The predicted molar refractivity (Wildman–Crippen MR) is 65.7 cm³/mol. The van der Waals surface area contributed by atoms with Crippen LogP contribution in [0.15, 0.2) is 18.2 Å². The summed E-state index contributed by atoms with van der Waals surface area (Å²) in [4.78, 5) is 14.1. The van der Waals surface area contributed by atoms with Crippen LogP contribution in [0.2, 0.25) is 0 Å². The summed E-state index contributed by atoms with van der Waals surface area (Å²) in [6.45, 7) is 1.55. The highest BCUT2D eigenvalue weighted by Crippen LogP contribution is 2.20. The van der Waals surface area contributed by atoms with Gasteiger partial charge in [0.15, 0.2) is 0 Å². The van der Waals surface area contributed by atoms with E-state index in [2.05, 4.69) is 5.32 Å². The van der Waals surface area contributed by atoms with Gasteiger partial charge in [-0.15, -0.1) is 0 Å². The summed E-state index contributed by atoms with van der Waals surface area (Å²) in [5.41, 5.74) is 1.11. The van der Waals surface area contributed by atoms with E-state index in [0.717, 1.165) is 25.9 Å². The molecule has 0 atom stereocenters. The van der Waals surface area contributed by atoms with E-state index in [1.54, 1.807) is 18.0 Å². The molecule has 4 heteroatoms. The minimum Gasteiger partial charge on any atom is -0.387 e. The zero-order chi connectivity index (χ0) is 12.3. The molecule has 0 unspecified atom stereocenters. The molecule has 1 aromatic carbocycles. The Hall–Kier alpha value is -1.58. The summed E-state index contributed by atoms with van der Waals surface area (Å²) in [5, 5.41) is 2.93. The lowest BCUT2D eigenvalue weighted by atomic mass is 10.1. The molecule has 0 saturated carbocycles. The number of benzene rings is 1. The maximum atomic E-state index is 13.2. The van der Waals surface area contributed by atoms with Crippen LogP contribution in [0.5, 0.6) is 0 Å². The maximum Gasteiger partial charge on any atom is 0.256 e. The Morgan fingerprint density at radius 3 is 2.65 bits per heavy atom. The Bertz CT molecular complexity index is 414. The van der Waals surface area contributed by atoms with E-state index >= 15 is 0 Å². The first-order valence-corrected chi connectivity index (χ1v) is 5.99. The minimum atomic E-state index is -0.371. The van der Waals surface area contributed by atoms with Gasteiger partial charge in [-0.05, 0) is 37.5 Å². The smallest absolute Gasteiger partial charge is 0.256 e. The predicted octanol–water partition coefficient (Wildman–Crippen LogP) is 2.49. The maximum absolute atomic E-state index is 13.2. The number of carbonyl (C=O) groups is 1. The van der Waals surface area contributed by atoms with E-state index in [1.807, 2.05) is 0 Å². The third-order valence-electron chi connectivity index (χ3n) is 3.12. The lowest BCUT2D eigenvalue weighted by Crippen LogP contribution is -2.36. The van der Waals surface area contributed by atoms with Gasteiger partial charge in [-0.2, -0.15) is 0 Å². The molecular weight excluding hydrogens is 219 g/mol. The van der Waals surface area contributed by atoms with Crippen LogP contribution in [0.1, 0.15) is 29.6 Å². The van der Waals surface area contributed by atoms with Gasteiger partial charge in [-0.1, -0.05) is 0 Å². The number of likely N-dealkylation sites (tertiary alicyclic amines) is 1. The first kappa shape index (κ1) is 11.9. The highest BCUT2D eigenvalue weighted by atomic mass is 19.1. The number of amides is 1. The summed E-state index contributed by atoms with van der Waals surface area (Å²) in [6.07, 6.45) is 3.25. The number of hydrogen-bond donors (Lipinski definition) is 1. The highest BCUT2D eigenvalue weighted by molar-refractivity contribution is 5.99. The average Bonchev–Trinajstić information content (AvgIpc) is 2.39. The van der Waals surface area contributed by atoms with Crippen molar-refractivity contribution in [3.63, 3.8) is 0 Å². The van der Waals surface area contributed by atoms with Gasteiger partial charge in [-0.25, -0.2) is 4.39 Å². The molecule has 92 valence electrons. The molecule has 1 saturated heterocycles. The SMILES string of the molecule is CNc1ccc(F)cc1C(=O)N1CCCCC1. The Kier molecular flexibility index (Phi) is 3.61. The van der Waals surface area contributed by atoms with E-state index < -0.39 is 0 Å². The van der Waals surface area contributed by atoms with Crippen LogP contribution in [0.25, 0.3) is 0 Å². The summed E-state index contributed by atoms with van der Waals surface area (Å²) in [6, 6.07) is 4.27. The number of hydrogen-bond acceptors (Lipinski definition) is 2. The second-order valence-electron chi connectivity index (χ2n) is 4.29. The Labute approximate surface area is 101 Å². The molecule has 0 bridgehead atoms. The molecule has 1 aliphatic rings. The number of piperidine rings is 1. The van der Waals surface area contributed by atoms with Gasteiger partial charge >= 0.3 is 0 Å². The minimum absolute atomic E-state index is 0.0754. The highest BCUT2D eigenvalue weighted by Gasteiger charge is 2.20. The van der Waals surface area contributed by atoms with E-state index in [4.69, 9.17) is 0 Å². The summed E-state index contributed by atoms with van der Waals surface area (Å²) < 4.78 is 13.2. The number of rotatable bonds is 2. The van der Waals surface area contributed by atoms with E-state index in [1.165, 1.54) is 18.6 Å². The standard InChI is InChI=1S/C13H17FN2O/c1-15-12-6-5-10(14)9-11(12)13(17)16-7-3-2-4-8-16/h5-6,9,15H,2-4,7-8H2,1H3. The van der Waals surface area contributed by atoms with Crippen LogP contribution in [0.4, 0.5) is 10.1 Å². The Morgan fingerprint density at radius 1 is 1.29 bits per heavy atom. The number of carbonyl (C=O) groups excluding carboxylic acids is 1. The van der Waals surface area contributed by atoms with Gasteiger partial charge in [0.2, 0.25) is 0 Å². The fraction of sp³-hybridized carbons (Fsp3) is 0.462. The average molecular weight is 236 g/mol. The molecule has 1 amide bonds. The number of nitrogens with zero attached hydrogens (tertiary/aromatic N) is 1. The summed E-state index contributed by atoms with van der Waals surface area (Å²) >= 11 is 0. The molecule has 0 aromatic heterocycles. The molecule has 1 N–H and O–H groups in total. The third-order valence-corrected chi connectivity index (χ3v) is 3.12. The molecule has 0 spiro atoms. The molecular formula is C13H17FN2O. The van der Waals surface area contributed by atoms with Crippen molar-refractivity contribution in [2.24, 2.45) is 0 Å². The van der Waals surface area contributed by atoms with Crippen molar-refractivity contribution in [3.05, 3.63) is 29.6 Å². The molecule has 1 aromatic rings. The second kappa shape index (κ2) is 5.17. The molecule has 1 aliphatic heterocycles. The quantitative estimate of drug-likeness (QED) is 0.855. The van der Waals surface area contributed by atoms with Crippen LogP contribution < -0.4 is 5.32 Å². The third kappa shape index (κ3) is 2.57. The van der Waals surface area contributed by atoms with Crippen LogP contribution in [-0.4, -0.2) is 30.9 Å². The molecule has 1 fully saturated rings. The molecule has 17 heavy (non-hydrogen) atoms. The van der Waals surface area contributed by atoms with E-state index in [-0.39, 0.29) is 11.7 Å². The van der Waals surface area contributed by atoms with Crippen molar-refractivity contribution in [2.45, 2.75) is 19.3 Å². The van der Waals surface area contributed by atoms with Crippen molar-refractivity contribution >= 4 is 11.6 Å². The zero-order valence-corrected chi connectivity index (χ0v) is 10.0. The van der Waals surface area contributed by atoms with Gasteiger partial charge in [0.25, 0.3) is 5.91 Å². The fourth-order valence-corrected chi connectivity index (χ4v) is 2.18. The van der Waals surface area contributed by atoms with Gasteiger partial charge in [0.1, 0.15) is 5.82 Å². The molecule has 1 heterocycles. The van der Waals surface area contributed by atoms with Gasteiger partial charge < -0.3 is 10.2 Å². The van der Waals surface area contributed by atoms with Crippen molar-refractivity contribution < 1.29 is 9.18 Å². The topological polar surface area (TPSA) is 32.3 Å². The summed E-state index contributed by atoms with van der Waals surface area (Å²) in [7, 11) is 1.74. The fourth-order valence-electron chi connectivity index (χ4n) is 2.18.